The van der Waals surface area contributed by atoms with E-state index >= 15 is 0 Å². The lowest BCUT2D eigenvalue weighted by Gasteiger charge is -2.03. The highest BCUT2D eigenvalue weighted by Gasteiger charge is 2.04. The first-order chi connectivity index (χ1) is 9.83. The van der Waals surface area contributed by atoms with Gasteiger partial charge in [-0.15, -0.1) is 11.3 Å². The number of thiazole rings is 1. The van der Waals surface area contributed by atoms with Crippen LogP contribution in [0.2, 0.25) is 4.47 Å². The second-order valence-electron chi connectivity index (χ2n) is 4.01. The number of halogens is 1. The van der Waals surface area contributed by atoms with Crippen molar-refractivity contribution in [2.45, 2.75) is 0 Å². The van der Waals surface area contributed by atoms with Crippen molar-refractivity contribution in [1.29, 1.82) is 0 Å². The number of benzene rings is 1. The summed E-state index contributed by atoms with van der Waals surface area (Å²) < 4.78 is 0.510. The smallest absolute Gasteiger partial charge is 0.184 e. The summed E-state index contributed by atoms with van der Waals surface area (Å²) in [5.41, 5.74) is 2.09. The standard InChI is InChI=1S/C15H10ClN3S/c16-15-19-10-12(20-15)9-18-14-13(7-4-8-17-14)11-5-2-1-3-6-11/h1-10H/b18-9+. The van der Waals surface area contributed by atoms with Gasteiger partial charge < -0.3 is 0 Å². The second-order valence-corrected chi connectivity index (χ2v) is 5.66. The Hall–Kier alpha value is -2.04. The van der Waals surface area contributed by atoms with Crippen LogP contribution < -0.4 is 0 Å². The summed E-state index contributed by atoms with van der Waals surface area (Å²) in [7, 11) is 0. The van der Waals surface area contributed by atoms with Crippen molar-refractivity contribution in [2.75, 3.05) is 0 Å². The summed E-state index contributed by atoms with van der Waals surface area (Å²) in [6.07, 6.45) is 5.17. The lowest BCUT2D eigenvalue weighted by molar-refractivity contribution is 1.28. The predicted molar refractivity (Wildman–Crippen MR) is 84.1 cm³/mol. The van der Waals surface area contributed by atoms with Gasteiger partial charge in [-0.25, -0.2) is 15.0 Å². The van der Waals surface area contributed by atoms with Crippen LogP contribution in [0.25, 0.3) is 11.1 Å². The first-order valence-corrected chi connectivity index (χ1v) is 7.18. The van der Waals surface area contributed by atoms with E-state index in [1.807, 2.05) is 42.5 Å². The van der Waals surface area contributed by atoms with Gasteiger partial charge in [-0.1, -0.05) is 41.9 Å². The molecule has 3 aromatic rings. The number of nitrogens with zero attached hydrogens (tertiary/aromatic N) is 3. The average molecular weight is 300 g/mol. The van der Waals surface area contributed by atoms with Gasteiger partial charge in [0.1, 0.15) is 0 Å². The van der Waals surface area contributed by atoms with E-state index in [4.69, 9.17) is 11.6 Å². The molecule has 0 atom stereocenters. The number of rotatable bonds is 3. The number of aliphatic imine (C=N–C) groups is 1. The second kappa shape index (κ2) is 5.94. The summed E-state index contributed by atoms with van der Waals surface area (Å²) in [5, 5.41) is 0. The number of pyridine rings is 1. The molecular weight excluding hydrogens is 290 g/mol. The summed E-state index contributed by atoms with van der Waals surface area (Å²) in [4.78, 5) is 13.7. The van der Waals surface area contributed by atoms with Crippen molar-refractivity contribution >= 4 is 35.0 Å². The molecule has 3 rings (SSSR count). The maximum Gasteiger partial charge on any atom is 0.184 e. The molecule has 3 nitrogen and oxygen atoms in total. The molecule has 0 saturated heterocycles. The third-order valence-electron chi connectivity index (χ3n) is 2.68. The van der Waals surface area contributed by atoms with E-state index in [1.165, 1.54) is 11.3 Å². The van der Waals surface area contributed by atoms with E-state index in [1.54, 1.807) is 18.6 Å². The lowest BCUT2D eigenvalue weighted by atomic mass is 10.1. The van der Waals surface area contributed by atoms with Crippen LogP contribution in [0, 0.1) is 0 Å². The molecule has 1 aromatic carbocycles. The van der Waals surface area contributed by atoms with Gasteiger partial charge in [-0.2, -0.15) is 0 Å². The van der Waals surface area contributed by atoms with E-state index in [0.717, 1.165) is 16.0 Å². The summed E-state index contributed by atoms with van der Waals surface area (Å²) in [6.45, 7) is 0. The quantitative estimate of drug-likeness (QED) is 0.662. The van der Waals surface area contributed by atoms with E-state index in [9.17, 15) is 0 Å². The molecule has 0 fully saturated rings. The van der Waals surface area contributed by atoms with Crippen LogP contribution in [0.1, 0.15) is 4.88 Å². The molecule has 98 valence electrons. The van der Waals surface area contributed by atoms with Crippen molar-refractivity contribution < 1.29 is 0 Å². The van der Waals surface area contributed by atoms with Crippen LogP contribution in [0.3, 0.4) is 0 Å². The lowest BCUT2D eigenvalue weighted by Crippen LogP contribution is -1.83. The van der Waals surface area contributed by atoms with E-state index in [0.29, 0.717) is 10.3 Å². The summed E-state index contributed by atoms with van der Waals surface area (Å²) in [5.74, 6) is 0.684. The van der Waals surface area contributed by atoms with Gasteiger partial charge in [0, 0.05) is 24.2 Å². The molecule has 0 radical (unpaired) electrons. The van der Waals surface area contributed by atoms with E-state index < -0.39 is 0 Å². The predicted octanol–water partition coefficient (Wildman–Crippen LogP) is 4.61. The van der Waals surface area contributed by atoms with Crippen molar-refractivity contribution in [3.63, 3.8) is 0 Å². The van der Waals surface area contributed by atoms with Crippen molar-refractivity contribution in [1.82, 2.24) is 9.97 Å². The van der Waals surface area contributed by atoms with Crippen molar-refractivity contribution in [3.05, 3.63) is 64.2 Å². The summed E-state index contributed by atoms with van der Waals surface area (Å²) >= 11 is 7.19. The van der Waals surface area contributed by atoms with E-state index in [2.05, 4.69) is 15.0 Å². The third-order valence-corrected chi connectivity index (χ3v) is 3.73. The fourth-order valence-corrected chi connectivity index (χ4v) is 2.62. The van der Waals surface area contributed by atoms with Crippen LogP contribution >= 0.6 is 22.9 Å². The first kappa shape index (κ1) is 13.0. The number of aromatic nitrogens is 2. The van der Waals surface area contributed by atoms with Gasteiger partial charge in [0.25, 0.3) is 0 Å². The van der Waals surface area contributed by atoms with Crippen LogP contribution in [0.15, 0.2) is 59.9 Å². The summed E-state index contributed by atoms with van der Waals surface area (Å²) in [6, 6.07) is 14.0. The van der Waals surface area contributed by atoms with Crippen LogP contribution in [0.4, 0.5) is 5.82 Å². The molecule has 20 heavy (non-hydrogen) atoms. The Kier molecular flexibility index (Phi) is 3.85. The van der Waals surface area contributed by atoms with Gasteiger partial charge >= 0.3 is 0 Å². The largest absolute Gasteiger partial charge is 0.237 e. The zero-order chi connectivity index (χ0) is 13.8. The fraction of sp³-hybridized carbons (Fsp3) is 0. The van der Waals surface area contributed by atoms with Crippen LogP contribution in [-0.4, -0.2) is 16.2 Å². The minimum atomic E-state index is 0.510. The van der Waals surface area contributed by atoms with Gasteiger partial charge in [-0.05, 0) is 17.7 Å². The van der Waals surface area contributed by atoms with Gasteiger partial charge in [0.15, 0.2) is 10.3 Å². The molecule has 0 N–H and O–H groups in total. The molecule has 0 bridgehead atoms. The maximum atomic E-state index is 5.80. The first-order valence-electron chi connectivity index (χ1n) is 5.99. The van der Waals surface area contributed by atoms with Crippen LogP contribution in [-0.2, 0) is 0 Å². The Morgan fingerprint density at radius 2 is 1.90 bits per heavy atom. The number of hydrogen-bond acceptors (Lipinski definition) is 4. The number of hydrogen-bond donors (Lipinski definition) is 0. The third kappa shape index (κ3) is 2.92. The topological polar surface area (TPSA) is 38.1 Å². The van der Waals surface area contributed by atoms with Gasteiger partial charge in [0.05, 0.1) is 4.88 Å². The molecule has 0 aliphatic heterocycles. The molecule has 0 unspecified atom stereocenters. The molecular formula is C15H10ClN3S. The Morgan fingerprint density at radius 1 is 1.05 bits per heavy atom. The van der Waals surface area contributed by atoms with Crippen LogP contribution in [0.5, 0.6) is 0 Å². The highest BCUT2D eigenvalue weighted by atomic mass is 35.5. The molecule has 5 heteroatoms. The molecule has 0 spiro atoms. The molecule has 0 aliphatic carbocycles. The normalized spacial score (nSPS) is 11.1. The zero-order valence-electron chi connectivity index (χ0n) is 10.4. The van der Waals surface area contributed by atoms with E-state index in [-0.39, 0.29) is 0 Å². The minimum absolute atomic E-state index is 0.510. The zero-order valence-corrected chi connectivity index (χ0v) is 12.0. The highest BCUT2D eigenvalue weighted by Crippen LogP contribution is 2.27. The SMILES string of the molecule is Clc1ncc(/C=N/c2ncccc2-c2ccccc2)s1. The fourth-order valence-electron chi connectivity index (χ4n) is 1.79. The van der Waals surface area contributed by atoms with Crippen molar-refractivity contribution in [2.24, 2.45) is 4.99 Å². The molecule has 2 heterocycles. The highest BCUT2D eigenvalue weighted by molar-refractivity contribution is 7.17. The maximum absolute atomic E-state index is 5.80. The molecule has 0 aliphatic rings. The Morgan fingerprint density at radius 3 is 2.65 bits per heavy atom. The van der Waals surface area contributed by atoms with Crippen molar-refractivity contribution in [3.8, 4) is 11.1 Å². The Balaban J connectivity index is 1.96. The Bertz CT molecular complexity index is 738. The average Bonchev–Trinajstić information content (AvgIpc) is 2.92. The minimum Gasteiger partial charge on any atom is -0.237 e. The van der Waals surface area contributed by atoms with Gasteiger partial charge in [0.2, 0.25) is 0 Å². The van der Waals surface area contributed by atoms with Gasteiger partial charge in [-0.3, -0.25) is 0 Å². The molecule has 2 aromatic heterocycles. The monoisotopic (exact) mass is 299 g/mol. The Labute approximate surface area is 125 Å². The molecule has 0 saturated carbocycles. The molecule has 0 amide bonds.